The summed E-state index contributed by atoms with van der Waals surface area (Å²) < 4.78 is 18.2. The van der Waals surface area contributed by atoms with Crippen molar-refractivity contribution in [3.05, 3.63) is 41.8 Å². The Balaban J connectivity index is 1.92. The van der Waals surface area contributed by atoms with Gasteiger partial charge in [0.05, 0.1) is 6.61 Å². The first-order valence-corrected chi connectivity index (χ1v) is 8.84. The molecule has 1 fully saturated rings. The Morgan fingerprint density at radius 1 is 1.23 bits per heavy atom. The summed E-state index contributed by atoms with van der Waals surface area (Å²) >= 11 is 0. The Hall–Kier alpha value is -2.54. The monoisotopic (exact) mass is 358 g/mol. The van der Waals surface area contributed by atoms with Crippen molar-refractivity contribution in [1.29, 1.82) is 0 Å². The summed E-state index contributed by atoms with van der Waals surface area (Å²) in [6, 6.07) is 6.04. The summed E-state index contributed by atoms with van der Waals surface area (Å²) in [6.45, 7) is 2.59. The molecule has 1 aromatic carbocycles. The molecule has 0 unspecified atom stereocenters. The predicted octanol–water partition coefficient (Wildman–Crippen LogP) is 2.65. The van der Waals surface area contributed by atoms with E-state index in [0.29, 0.717) is 30.4 Å². The van der Waals surface area contributed by atoms with Gasteiger partial charge in [-0.2, -0.15) is 0 Å². The zero-order valence-electron chi connectivity index (χ0n) is 14.9. The molecule has 0 spiro atoms. The van der Waals surface area contributed by atoms with Crippen molar-refractivity contribution in [2.45, 2.75) is 19.3 Å². The van der Waals surface area contributed by atoms with Crippen LogP contribution in [0.15, 0.2) is 30.5 Å². The molecule has 0 aliphatic carbocycles. The van der Waals surface area contributed by atoms with Crippen LogP contribution in [0.25, 0.3) is 11.4 Å². The van der Waals surface area contributed by atoms with Crippen LogP contribution in [0.2, 0.25) is 0 Å². The Kier molecular flexibility index (Phi) is 6.12. The van der Waals surface area contributed by atoms with Crippen LogP contribution < -0.4 is 10.2 Å². The van der Waals surface area contributed by atoms with Crippen LogP contribution in [0.3, 0.4) is 0 Å². The second kappa shape index (κ2) is 8.71. The minimum absolute atomic E-state index is 0.215. The van der Waals surface area contributed by atoms with Crippen LogP contribution >= 0.6 is 0 Å². The van der Waals surface area contributed by atoms with Gasteiger partial charge in [0.15, 0.2) is 5.82 Å². The van der Waals surface area contributed by atoms with Crippen molar-refractivity contribution >= 4 is 11.7 Å². The summed E-state index contributed by atoms with van der Waals surface area (Å²) in [5, 5.41) is 2.83. The third-order valence-corrected chi connectivity index (χ3v) is 4.36. The number of aromatic nitrogens is 2. The van der Waals surface area contributed by atoms with Crippen molar-refractivity contribution in [2.75, 3.05) is 38.3 Å². The molecule has 1 amide bonds. The zero-order valence-corrected chi connectivity index (χ0v) is 14.9. The van der Waals surface area contributed by atoms with Gasteiger partial charge < -0.3 is 15.0 Å². The minimum atomic E-state index is -0.306. The average molecular weight is 358 g/mol. The summed E-state index contributed by atoms with van der Waals surface area (Å²) in [6.07, 6.45) is 4.88. The molecule has 26 heavy (non-hydrogen) atoms. The first-order valence-electron chi connectivity index (χ1n) is 8.84. The summed E-state index contributed by atoms with van der Waals surface area (Å²) in [5.74, 6) is 0.598. The highest BCUT2D eigenvalue weighted by Gasteiger charge is 2.21. The fourth-order valence-electron chi connectivity index (χ4n) is 2.98. The molecule has 1 aromatic heterocycles. The van der Waals surface area contributed by atoms with Gasteiger partial charge in [-0.25, -0.2) is 14.4 Å². The number of methoxy groups -OCH3 is 1. The molecular formula is C19H23FN4O2. The normalized spacial score (nSPS) is 14.3. The maximum atomic E-state index is 13.2. The van der Waals surface area contributed by atoms with Gasteiger partial charge in [0.25, 0.3) is 5.91 Å². The largest absolute Gasteiger partial charge is 0.383 e. The van der Waals surface area contributed by atoms with Crippen LogP contribution in [0.5, 0.6) is 0 Å². The molecule has 0 bridgehead atoms. The molecule has 7 heteroatoms. The second-order valence-electron chi connectivity index (χ2n) is 6.23. The standard InChI is InChI=1S/C19H23FN4O2/c1-26-12-9-21-19(25)16-13-22-17(14-5-7-15(20)8-6-14)23-18(16)24-10-3-2-4-11-24/h5-8,13H,2-4,9-12H2,1H3,(H,21,25). The molecule has 1 aliphatic heterocycles. The van der Waals surface area contributed by atoms with E-state index in [1.165, 1.54) is 18.6 Å². The van der Waals surface area contributed by atoms with Crippen LogP contribution in [0, 0.1) is 5.82 Å². The van der Waals surface area contributed by atoms with Crippen LogP contribution in [-0.4, -0.2) is 49.2 Å². The number of carbonyl (C=O) groups excluding carboxylic acids is 1. The summed E-state index contributed by atoms with van der Waals surface area (Å²) in [7, 11) is 1.59. The van der Waals surface area contributed by atoms with Crippen molar-refractivity contribution in [3.63, 3.8) is 0 Å². The number of amides is 1. The van der Waals surface area contributed by atoms with Gasteiger partial charge in [0, 0.05) is 38.5 Å². The predicted molar refractivity (Wildman–Crippen MR) is 97.7 cm³/mol. The number of nitrogens with zero attached hydrogens (tertiary/aromatic N) is 3. The van der Waals surface area contributed by atoms with Gasteiger partial charge in [-0.15, -0.1) is 0 Å². The van der Waals surface area contributed by atoms with Crippen LogP contribution in [0.4, 0.5) is 10.2 Å². The topological polar surface area (TPSA) is 67.3 Å². The van der Waals surface area contributed by atoms with Gasteiger partial charge in [-0.3, -0.25) is 4.79 Å². The molecular weight excluding hydrogens is 335 g/mol. The van der Waals surface area contributed by atoms with Crippen molar-refractivity contribution in [3.8, 4) is 11.4 Å². The molecule has 138 valence electrons. The fraction of sp³-hybridized carbons (Fsp3) is 0.421. The number of hydrogen-bond donors (Lipinski definition) is 1. The third-order valence-electron chi connectivity index (χ3n) is 4.36. The average Bonchev–Trinajstić information content (AvgIpc) is 2.69. The molecule has 2 aromatic rings. The molecule has 1 saturated heterocycles. The molecule has 0 radical (unpaired) electrons. The van der Waals surface area contributed by atoms with Crippen molar-refractivity contribution in [1.82, 2.24) is 15.3 Å². The number of anilines is 1. The van der Waals surface area contributed by atoms with Crippen molar-refractivity contribution in [2.24, 2.45) is 0 Å². The van der Waals surface area contributed by atoms with Crippen molar-refractivity contribution < 1.29 is 13.9 Å². The lowest BCUT2D eigenvalue weighted by atomic mass is 10.1. The first-order chi connectivity index (χ1) is 12.7. The maximum Gasteiger partial charge on any atom is 0.256 e. The third kappa shape index (κ3) is 4.35. The number of nitrogens with one attached hydrogen (secondary N) is 1. The summed E-state index contributed by atoms with van der Waals surface area (Å²) in [5.41, 5.74) is 1.17. The fourth-order valence-corrected chi connectivity index (χ4v) is 2.98. The Morgan fingerprint density at radius 2 is 1.96 bits per heavy atom. The molecule has 3 rings (SSSR count). The Bertz CT molecular complexity index is 746. The number of rotatable bonds is 6. The summed E-state index contributed by atoms with van der Waals surface area (Å²) in [4.78, 5) is 23.7. The van der Waals surface area contributed by atoms with E-state index in [1.807, 2.05) is 0 Å². The quantitative estimate of drug-likeness (QED) is 0.804. The Labute approximate surface area is 152 Å². The molecule has 1 N–H and O–H groups in total. The van der Waals surface area contributed by atoms with E-state index < -0.39 is 0 Å². The highest BCUT2D eigenvalue weighted by Crippen LogP contribution is 2.25. The minimum Gasteiger partial charge on any atom is -0.383 e. The molecule has 0 saturated carbocycles. The highest BCUT2D eigenvalue weighted by molar-refractivity contribution is 5.98. The van der Waals surface area contributed by atoms with E-state index in [9.17, 15) is 9.18 Å². The molecule has 6 nitrogen and oxygen atoms in total. The van der Waals surface area contributed by atoms with Gasteiger partial charge in [0.2, 0.25) is 0 Å². The lowest BCUT2D eigenvalue weighted by Crippen LogP contribution is -2.34. The van der Waals surface area contributed by atoms with Crippen LogP contribution in [0.1, 0.15) is 29.6 Å². The van der Waals surface area contributed by atoms with E-state index >= 15 is 0 Å². The smallest absolute Gasteiger partial charge is 0.256 e. The SMILES string of the molecule is COCCNC(=O)c1cnc(-c2ccc(F)cc2)nc1N1CCCCC1. The van der Waals surface area contributed by atoms with Gasteiger partial charge in [0.1, 0.15) is 17.2 Å². The number of carbonyl (C=O) groups is 1. The molecule has 2 heterocycles. The maximum absolute atomic E-state index is 13.2. The lowest BCUT2D eigenvalue weighted by Gasteiger charge is -2.29. The number of halogens is 1. The van der Waals surface area contributed by atoms with E-state index in [0.717, 1.165) is 31.5 Å². The number of ether oxygens (including phenoxy) is 1. The Morgan fingerprint density at radius 3 is 2.65 bits per heavy atom. The molecule has 1 aliphatic rings. The highest BCUT2D eigenvalue weighted by atomic mass is 19.1. The van der Waals surface area contributed by atoms with E-state index in [4.69, 9.17) is 4.74 Å². The van der Waals surface area contributed by atoms with E-state index in [-0.39, 0.29) is 11.7 Å². The van der Waals surface area contributed by atoms with Gasteiger partial charge in [-0.05, 0) is 43.5 Å². The van der Waals surface area contributed by atoms with Gasteiger partial charge >= 0.3 is 0 Å². The van der Waals surface area contributed by atoms with E-state index in [2.05, 4.69) is 20.2 Å². The number of piperidine rings is 1. The van der Waals surface area contributed by atoms with Crippen LogP contribution in [-0.2, 0) is 4.74 Å². The second-order valence-corrected chi connectivity index (χ2v) is 6.23. The first kappa shape index (κ1) is 18.3. The van der Waals surface area contributed by atoms with E-state index in [1.54, 1.807) is 25.4 Å². The number of benzene rings is 1. The zero-order chi connectivity index (χ0) is 18.4. The molecule has 0 atom stereocenters. The van der Waals surface area contributed by atoms with Gasteiger partial charge in [-0.1, -0.05) is 0 Å². The number of hydrogen-bond acceptors (Lipinski definition) is 5. The lowest BCUT2D eigenvalue weighted by molar-refractivity contribution is 0.0937.